The summed E-state index contributed by atoms with van der Waals surface area (Å²) in [6.45, 7) is 4.26. The molecule has 1 N–H and O–H groups in total. The van der Waals surface area contributed by atoms with Gasteiger partial charge >= 0.3 is 0 Å². The van der Waals surface area contributed by atoms with E-state index in [1.165, 1.54) is 67.7 Å². The first-order chi connectivity index (χ1) is 13.3. The zero-order valence-electron chi connectivity index (χ0n) is 16.6. The Morgan fingerprint density at radius 3 is 1.70 bits per heavy atom. The Morgan fingerprint density at radius 1 is 0.667 bits per heavy atom. The first-order valence-electron chi connectivity index (χ1n) is 10.6. The molecular weight excluding hydrogens is 350 g/mol. The molecule has 27 heavy (non-hydrogen) atoms. The van der Waals surface area contributed by atoms with Crippen molar-refractivity contribution in [2.45, 2.75) is 64.8 Å². The molecule has 0 bridgehead atoms. The standard InChI is InChI=1S/C25H32ClN/c1-2-3-4-5-6-7-8-13-18-27-19-24-20-14-9-11-16-22(20)25(26)23-17-12-10-15-21(23)24/h9-12,14-17,27H,2-8,13,18-19H2,1H3. The molecule has 0 heterocycles. The van der Waals surface area contributed by atoms with Crippen LogP contribution in [0.2, 0.25) is 5.02 Å². The van der Waals surface area contributed by atoms with Crippen LogP contribution in [0.15, 0.2) is 48.5 Å². The van der Waals surface area contributed by atoms with E-state index in [-0.39, 0.29) is 0 Å². The van der Waals surface area contributed by atoms with Crippen LogP contribution in [0.3, 0.4) is 0 Å². The Balaban J connectivity index is 1.58. The maximum atomic E-state index is 6.69. The normalized spacial score (nSPS) is 11.5. The molecule has 0 radical (unpaired) electrons. The quantitative estimate of drug-likeness (QED) is 0.263. The maximum Gasteiger partial charge on any atom is 0.0562 e. The third-order valence-corrected chi connectivity index (χ3v) is 5.89. The lowest BCUT2D eigenvalue weighted by Crippen LogP contribution is -2.15. The minimum atomic E-state index is 0.869. The van der Waals surface area contributed by atoms with Crippen molar-refractivity contribution >= 4 is 33.1 Å². The van der Waals surface area contributed by atoms with E-state index in [2.05, 4.69) is 60.8 Å². The second-order valence-corrected chi connectivity index (χ2v) is 7.91. The summed E-state index contributed by atoms with van der Waals surface area (Å²) in [5.74, 6) is 0. The number of unbranched alkanes of at least 4 members (excludes halogenated alkanes) is 7. The topological polar surface area (TPSA) is 12.0 Å². The zero-order chi connectivity index (χ0) is 18.9. The lowest BCUT2D eigenvalue weighted by molar-refractivity contribution is 0.556. The fraction of sp³-hybridized carbons (Fsp3) is 0.440. The lowest BCUT2D eigenvalue weighted by Gasteiger charge is -2.14. The van der Waals surface area contributed by atoms with E-state index in [1.54, 1.807) is 0 Å². The third-order valence-electron chi connectivity index (χ3n) is 5.49. The van der Waals surface area contributed by atoms with Gasteiger partial charge in [0.1, 0.15) is 0 Å². The fourth-order valence-corrected chi connectivity index (χ4v) is 4.28. The van der Waals surface area contributed by atoms with Crippen LogP contribution in [0.5, 0.6) is 0 Å². The molecular formula is C25H32ClN. The molecule has 0 saturated carbocycles. The number of halogens is 1. The van der Waals surface area contributed by atoms with Crippen LogP contribution >= 0.6 is 11.6 Å². The SMILES string of the molecule is CCCCCCCCCCNCc1c2ccccc2c(Cl)c2ccccc12. The minimum absolute atomic E-state index is 0.869. The van der Waals surface area contributed by atoms with Gasteiger partial charge in [0.25, 0.3) is 0 Å². The number of nitrogens with one attached hydrogen (secondary N) is 1. The highest BCUT2D eigenvalue weighted by atomic mass is 35.5. The van der Waals surface area contributed by atoms with E-state index >= 15 is 0 Å². The molecule has 2 heteroatoms. The fourth-order valence-electron chi connectivity index (χ4n) is 3.95. The van der Waals surface area contributed by atoms with Crippen LogP contribution in [-0.2, 0) is 6.54 Å². The summed E-state index contributed by atoms with van der Waals surface area (Å²) in [6, 6.07) is 17.0. The molecule has 0 spiro atoms. The largest absolute Gasteiger partial charge is 0.313 e. The van der Waals surface area contributed by atoms with Crippen molar-refractivity contribution in [3.05, 3.63) is 59.1 Å². The Labute approximate surface area is 169 Å². The molecule has 0 amide bonds. The van der Waals surface area contributed by atoms with Crippen LogP contribution in [0.25, 0.3) is 21.5 Å². The molecule has 3 aromatic rings. The van der Waals surface area contributed by atoms with Crippen molar-refractivity contribution < 1.29 is 0 Å². The summed E-state index contributed by atoms with van der Waals surface area (Å²) in [4.78, 5) is 0. The highest BCUT2D eigenvalue weighted by Gasteiger charge is 2.11. The van der Waals surface area contributed by atoms with E-state index in [1.807, 2.05) is 0 Å². The monoisotopic (exact) mass is 381 g/mol. The molecule has 0 aromatic heterocycles. The summed E-state index contributed by atoms with van der Waals surface area (Å²) in [6.07, 6.45) is 10.9. The van der Waals surface area contributed by atoms with Gasteiger partial charge in [-0.1, -0.05) is 112 Å². The smallest absolute Gasteiger partial charge is 0.0562 e. The Hall–Kier alpha value is -1.57. The summed E-state index contributed by atoms with van der Waals surface area (Å²) < 4.78 is 0. The van der Waals surface area contributed by atoms with Crippen molar-refractivity contribution in [2.24, 2.45) is 0 Å². The van der Waals surface area contributed by atoms with Gasteiger partial charge in [0.05, 0.1) is 5.02 Å². The van der Waals surface area contributed by atoms with Crippen LogP contribution in [-0.4, -0.2) is 6.54 Å². The third kappa shape index (κ3) is 5.24. The Bertz CT molecular complexity index is 798. The number of fused-ring (bicyclic) bond motifs is 2. The summed E-state index contributed by atoms with van der Waals surface area (Å²) in [5.41, 5.74) is 1.37. The molecule has 0 aliphatic carbocycles. The summed E-state index contributed by atoms with van der Waals surface area (Å²) >= 11 is 6.69. The van der Waals surface area contributed by atoms with Crippen LogP contribution in [0.4, 0.5) is 0 Å². The van der Waals surface area contributed by atoms with E-state index in [4.69, 9.17) is 11.6 Å². The maximum absolute atomic E-state index is 6.69. The molecule has 0 unspecified atom stereocenters. The number of hydrogen-bond donors (Lipinski definition) is 1. The van der Waals surface area contributed by atoms with Crippen LogP contribution in [0.1, 0.15) is 63.9 Å². The van der Waals surface area contributed by atoms with Crippen molar-refractivity contribution in [3.8, 4) is 0 Å². The minimum Gasteiger partial charge on any atom is -0.313 e. The van der Waals surface area contributed by atoms with Gasteiger partial charge in [-0.3, -0.25) is 0 Å². The molecule has 0 aliphatic heterocycles. The van der Waals surface area contributed by atoms with Crippen molar-refractivity contribution in [1.29, 1.82) is 0 Å². The van der Waals surface area contributed by atoms with Gasteiger partial charge in [-0.25, -0.2) is 0 Å². The van der Waals surface area contributed by atoms with Crippen LogP contribution < -0.4 is 5.32 Å². The average molecular weight is 382 g/mol. The predicted molar refractivity (Wildman–Crippen MR) is 121 cm³/mol. The molecule has 1 nitrogen and oxygen atoms in total. The van der Waals surface area contributed by atoms with Gasteiger partial charge in [-0.05, 0) is 29.3 Å². The van der Waals surface area contributed by atoms with Crippen LogP contribution in [0, 0.1) is 0 Å². The highest BCUT2D eigenvalue weighted by molar-refractivity contribution is 6.41. The van der Waals surface area contributed by atoms with E-state index in [0.29, 0.717) is 0 Å². The van der Waals surface area contributed by atoms with E-state index in [0.717, 1.165) is 28.9 Å². The molecule has 0 atom stereocenters. The van der Waals surface area contributed by atoms with Crippen molar-refractivity contribution in [2.75, 3.05) is 6.54 Å². The molecule has 3 rings (SSSR count). The lowest BCUT2D eigenvalue weighted by atomic mass is 9.96. The second-order valence-electron chi connectivity index (χ2n) is 7.54. The van der Waals surface area contributed by atoms with Gasteiger partial charge in [0.15, 0.2) is 0 Å². The first-order valence-corrected chi connectivity index (χ1v) is 11.0. The van der Waals surface area contributed by atoms with Crippen molar-refractivity contribution in [1.82, 2.24) is 5.32 Å². The molecule has 0 fully saturated rings. The van der Waals surface area contributed by atoms with E-state index < -0.39 is 0 Å². The molecule has 0 saturated heterocycles. The average Bonchev–Trinajstić information content (AvgIpc) is 2.71. The molecule has 3 aromatic carbocycles. The van der Waals surface area contributed by atoms with E-state index in [9.17, 15) is 0 Å². The van der Waals surface area contributed by atoms with Gasteiger partial charge in [-0.15, -0.1) is 0 Å². The molecule has 144 valence electrons. The number of hydrogen-bond acceptors (Lipinski definition) is 1. The highest BCUT2D eigenvalue weighted by Crippen LogP contribution is 2.35. The Morgan fingerprint density at radius 2 is 1.15 bits per heavy atom. The molecule has 0 aliphatic rings. The van der Waals surface area contributed by atoms with Crippen molar-refractivity contribution in [3.63, 3.8) is 0 Å². The second kappa shape index (κ2) is 10.7. The van der Waals surface area contributed by atoms with Gasteiger partial charge in [0, 0.05) is 17.3 Å². The van der Waals surface area contributed by atoms with Gasteiger partial charge in [0.2, 0.25) is 0 Å². The number of benzene rings is 3. The summed E-state index contributed by atoms with van der Waals surface area (Å²) in [5, 5.41) is 9.39. The predicted octanol–water partition coefficient (Wildman–Crippen LogP) is 7.88. The van der Waals surface area contributed by atoms with Gasteiger partial charge < -0.3 is 5.32 Å². The zero-order valence-corrected chi connectivity index (χ0v) is 17.3. The summed E-state index contributed by atoms with van der Waals surface area (Å²) in [7, 11) is 0. The number of rotatable bonds is 11. The Kier molecular flexibility index (Phi) is 7.98. The first kappa shape index (κ1) is 20.2. The van der Waals surface area contributed by atoms with Gasteiger partial charge in [-0.2, -0.15) is 0 Å².